The summed E-state index contributed by atoms with van der Waals surface area (Å²) in [5.74, 6) is 0. The largest absolute Gasteiger partial charge is 1.00 e. The van der Waals surface area contributed by atoms with Gasteiger partial charge in [-0.15, -0.1) is 0 Å². The van der Waals surface area contributed by atoms with Gasteiger partial charge in [0, 0.05) is 8.03 Å². The maximum absolute atomic E-state index is 10.0. The molecule has 0 aromatic carbocycles. The van der Waals surface area contributed by atoms with Crippen LogP contribution in [0.1, 0.15) is 32.6 Å². The van der Waals surface area contributed by atoms with Crippen molar-refractivity contribution in [3.63, 3.8) is 0 Å². The summed E-state index contributed by atoms with van der Waals surface area (Å²) >= 11 is 0. The minimum absolute atomic E-state index is 0. The Morgan fingerprint density at radius 1 is 1.30 bits per heavy atom. The minimum Gasteiger partial charge on any atom is -0.802 e. The number of hydrogen-bond donors (Lipinski definition) is 0. The molecule has 0 aliphatic carbocycles. The van der Waals surface area contributed by atoms with Gasteiger partial charge in [0.05, 0.1) is 0 Å². The molecule has 0 aliphatic heterocycles. The Bertz CT molecular complexity index is 87.8. The van der Waals surface area contributed by atoms with Crippen molar-refractivity contribution < 1.29 is 39.0 Å². The molecule has 0 aromatic heterocycles. The second-order valence-corrected chi connectivity index (χ2v) is 3.43. The van der Waals surface area contributed by atoms with E-state index in [4.69, 9.17) is 0 Å². The molecule has 0 heterocycles. The first-order chi connectivity index (χ1) is 4.27. The van der Waals surface area contributed by atoms with E-state index < -0.39 is 8.03 Å². The van der Waals surface area contributed by atoms with Crippen LogP contribution in [0.4, 0.5) is 0 Å². The van der Waals surface area contributed by atoms with Crippen molar-refractivity contribution in [2.75, 3.05) is 6.16 Å². The van der Waals surface area contributed by atoms with Crippen molar-refractivity contribution in [2.45, 2.75) is 32.6 Å². The van der Waals surface area contributed by atoms with Crippen molar-refractivity contribution in [1.29, 1.82) is 0 Å². The van der Waals surface area contributed by atoms with E-state index in [1.54, 1.807) is 0 Å². The van der Waals surface area contributed by atoms with Crippen molar-refractivity contribution in [3.05, 3.63) is 0 Å². The molecule has 0 radical (unpaired) electrons. The molecule has 0 spiro atoms. The van der Waals surface area contributed by atoms with Gasteiger partial charge in [0.25, 0.3) is 0 Å². The zero-order valence-corrected chi connectivity index (χ0v) is 9.85. The Kier molecular flexibility index (Phi) is 14.0. The molecule has 10 heavy (non-hydrogen) atoms. The summed E-state index contributed by atoms with van der Waals surface area (Å²) in [6.07, 6.45) is 4.66. The molecule has 56 valence electrons. The molecule has 0 aromatic rings. The van der Waals surface area contributed by atoms with E-state index in [2.05, 4.69) is 6.92 Å². The topological polar surface area (TPSA) is 40.1 Å². The SMILES string of the molecule is CCCCCC[PH](=O)[O-].[Na+]. The predicted molar refractivity (Wildman–Crippen MR) is 38.0 cm³/mol. The molecule has 0 N–H and O–H groups in total. The van der Waals surface area contributed by atoms with E-state index in [1.807, 2.05) is 0 Å². The summed E-state index contributed by atoms with van der Waals surface area (Å²) in [4.78, 5) is 10.0. The first-order valence-electron chi connectivity index (χ1n) is 3.47. The second kappa shape index (κ2) is 10.2. The van der Waals surface area contributed by atoms with Crippen LogP contribution < -0.4 is 34.5 Å². The molecule has 0 aliphatic rings. The van der Waals surface area contributed by atoms with Crippen LogP contribution in [0, 0.1) is 0 Å². The first kappa shape index (κ1) is 13.8. The van der Waals surface area contributed by atoms with Gasteiger partial charge >= 0.3 is 29.6 Å². The Labute approximate surface area is 85.6 Å². The standard InChI is InChI=1S/C6H15O2P.Na/c1-2-3-4-5-6-9(7)8;/h9H,2-6H2,1H3,(H,7,8);/q;+1/p-1. The summed E-state index contributed by atoms with van der Waals surface area (Å²) in [7, 11) is -2.42. The summed E-state index contributed by atoms with van der Waals surface area (Å²) < 4.78 is 10.0. The Morgan fingerprint density at radius 3 is 2.30 bits per heavy atom. The first-order valence-corrected chi connectivity index (χ1v) is 4.99. The fourth-order valence-corrected chi connectivity index (χ4v) is 1.23. The number of rotatable bonds is 5. The normalized spacial score (nSPS) is 12.2. The van der Waals surface area contributed by atoms with Crippen LogP contribution in [-0.4, -0.2) is 6.16 Å². The van der Waals surface area contributed by atoms with Crippen LogP contribution in [0.2, 0.25) is 0 Å². The molecule has 0 saturated carbocycles. The van der Waals surface area contributed by atoms with Gasteiger partial charge in [0.2, 0.25) is 0 Å². The van der Waals surface area contributed by atoms with Gasteiger partial charge in [0.1, 0.15) is 0 Å². The van der Waals surface area contributed by atoms with Gasteiger partial charge in [-0.25, -0.2) is 0 Å². The maximum Gasteiger partial charge on any atom is 1.00 e. The summed E-state index contributed by atoms with van der Waals surface area (Å²) in [5.41, 5.74) is 0. The molecular weight excluding hydrogens is 158 g/mol. The Morgan fingerprint density at radius 2 is 1.90 bits per heavy atom. The van der Waals surface area contributed by atoms with Crippen LogP contribution in [0.3, 0.4) is 0 Å². The number of hydrogen-bond acceptors (Lipinski definition) is 2. The summed E-state index contributed by atoms with van der Waals surface area (Å²) in [6.45, 7) is 2.11. The monoisotopic (exact) mass is 172 g/mol. The van der Waals surface area contributed by atoms with Crippen molar-refractivity contribution in [1.82, 2.24) is 0 Å². The van der Waals surface area contributed by atoms with Crippen LogP contribution in [-0.2, 0) is 4.57 Å². The third-order valence-corrected chi connectivity index (χ3v) is 2.00. The van der Waals surface area contributed by atoms with Crippen molar-refractivity contribution in [3.8, 4) is 0 Å². The predicted octanol–water partition coefficient (Wildman–Crippen LogP) is -1.59. The quantitative estimate of drug-likeness (QED) is 0.285. The molecule has 0 fully saturated rings. The van der Waals surface area contributed by atoms with Gasteiger partial charge in [-0.1, -0.05) is 26.2 Å². The average Bonchev–Trinajstić information content (AvgIpc) is 1.80. The van der Waals surface area contributed by atoms with Gasteiger partial charge in [0.15, 0.2) is 0 Å². The zero-order valence-electron chi connectivity index (χ0n) is 6.85. The molecule has 0 saturated heterocycles. The molecule has 1 atom stereocenters. The molecule has 2 nitrogen and oxygen atoms in total. The van der Waals surface area contributed by atoms with Crippen LogP contribution >= 0.6 is 8.03 Å². The summed E-state index contributed by atoms with van der Waals surface area (Å²) in [5, 5.41) is 0. The Balaban J connectivity index is 0. The zero-order chi connectivity index (χ0) is 7.11. The van der Waals surface area contributed by atoms with Crippen LogP contribution in [0.25, 0.3) is 0 Å². The minimum atomic E-state index is -2.42. The fourth-order valence-electron chi connectivity index (χ4n) is 0.696. The maximum atomic E-state index is 10.0. The van der Waals surface area contributed by atoms with Crippen LogP contribution in [0.5, 0.6) is 0 Å². The van der Waals surface area contributed by atoms with Crippen molar-refractivity contribution in [2.24, 2.45) is 0 Å². The van der Waals surface area contributed by atoms with E-state index in [0.29, 0.717) is 6.16 Å². The van der Waals surface area contributed by atoms with E-state index in [-0.39, 0.29) is 29.6 Å². The summed E-state index contributed by atoms with van der Waals surface area (Å²) in [6, 6.07) is 0. The number of unbranched alkanes of at least 4 members (excludes halogenated alkanes) is 3. The molecular formula is C6H14NaO2P. The second-order valence-electron chi connectivity index (χ2n) is 2.18. The molecule has 0 rings (SSSR count). The fraction of sp³-hybridized carbons (Fsp3) is 1.00. The smallest absolute Gasteiger partial charge is 0.802 e. The van der Waals surface area contributed by atoms with Gasteiger partial charge in [-0.2, -0.15) is 0 Å². The van der Waals surface area contributed by atoms with Crippen molar-refractivity contribution >= 4 is 8.03 Å². The Hall–Kier alpha value is 1.19. The van der Waals surface area contributed by atoms with E-state index in [0.717, 1.165) is 19.3 Å². The van der Waals surface area contributed by atoms with E-state index in [1.165, 1.54) is 6.42 Å². The van der Waals surface area contributed by atoms with E-state index >= 15 is 0 Å². The average molecular weight is 172 g/mol. The van der Waals surface area contributed by atoms with Crippen LogP contribution in [0.15, 0.2) is 0 Å². The molecule has 0 amide bonds. The molecule has 1 unspecified atom stereocenters. The molecule has 0 bridgehead atoms. The molecule has 4 heteroatoms. The van der Waals surface area contributed by atoms with Gasteiger partial charge in [-0.05, 0) is 12.6 Å². The third kappa shape index (κ3) is 11.9. The third-order valence-electron chi connectivity index (χ3n) is 1.23. The van der Waals surface area contributed by atoms with E-state index in [9.17, 15) is 9.46 Å². The van der Waals surface area contributed by atoms with Gasteiger partial charge < -0.3 is 9.46 Å². The van der Waals surface area contributed by atoms with Gasteiger partial charge in [-0.3, -0.25) is 0 Å².